The van der Waals surface area contributed by atoms with E-state index in [0.29, 0.717) is 5.13 Å². The molecule has 3 N–H and O–H groups in total. The van der Waals surface area contributed by atoms with Crippen molar-refractivity contribution in [1.82, 2.24) is 14.8 Å². The molecule has 23 heavy (non-hydrogen) atoms. The van der Waals surface area contributed by atoms with Gasteiger partial charge in [0.1, 0.15) is 0 Å². The van der Waals surface area contributed by atoms with Crippen molar-refractivity contribution in [2.24, 2.45) is 12.8 Å². The van der Waals surface area contributed by atoms with Crippen molar-refractivity contribution in [3.8, 4) is 11.3 Å². The van der Waals surface area contributed by atoms with Crippen LogP contribution in [-0.4, -0.2) is 33.4 Å². The van der Waals surface area contributed by atoms with Gasteiger partial charge in [-0.3, -0.25) is 14.8 Å². The van der Waals surface area contributed by atoms with Crippen LogP contribution in [0.25, 0.3) is 22.2 Å². The highest BCUT2D eigenvalue weighted by Gasteiger charge is 2.10. The quantitative estimate of drug-likeness (QED) is 0.756. The molecule has 0 aliphatic heterocycles. The van der Waals surface area contributed by atoms with Gasteiger partial charge >= 0.3 is 6.09 Å². The highest BCUT2D eigenvalue weighted by atomic mass is 32.1. The number of nitrogens with zero attached hydrogens (tertiary/aromatic N) is 3. The van der Waals surface area contributed by atoms with Crippen LogP contribution in [-0.2, 0) is 16.6 Å². The average Bonchev–Trinajstić information content (AvgIpc) is 3.12. The van der Waals surface area contributed by atoms with Gasteiger partial charge in [0.2, 0.25) is 0 Å². The molecule has 0 saturated heterocycles. The van der Waals surface area contributed by atoms with E-state index in [4.69, 9.17) is 5.73 Å². The lowest BCUT2D eigenvalue weighted by Crippen LogP contribution is -2.23. The fraction of sp³-hybridized carbons (Fsp3) is 0.143. The number of hydrogen-bond donors (Lipinski definition) is 2. The zero-order valence-corrected chi connectivity index (χ0v) is 13.0. The van der Waals surface area contributed by atoms with Gasteiger partial charge in [0.05, 0.1) is 17.4 Å². The Morgan fingerprint density at radius 3 is 3.04 bits per heavy atom. The number of fused-ring (bicyclic) bond motifs is 1. The number of ether oxygens (including phenoxy) is 1. The van der Waals surface area contributed by atoms with Gasteiger partial charge in [0.15, 0.2) is 11.7 Å². The molecule has 3 rings (SSSR count). The largest absolute Gasteiger partial charge is 0.440 e. The fourth-order valence-electron chi connectivity index (χ4n) is 2.06. The topological polar surface area (TPSA) is 112 Å². The predicted octanol–water partition coefficient (Wildman–Crippen LogP) is 1.73. The first-order valence-corrected chi connectivity index (χ1v) is 7.50. The van der Waals surface area contributed by atoms with E-state index in [0.717, 1.165) is 22.2 Å². The first-order chi connectivity index (χ1) is 11.0. The summed E-state index contributed by atoms with van der Waals surface area (Å²) in [6, 6.07) is 5.90. The number of thiazole rings is 1. The van der Waals surface area contributed by atoms with Gasteiger partial charge in [-0.1, -0.05) is 12.1 Å². The smallest absolute Gasteiger partial charge is 0.405 e. The van der Waals surface area contributed by atoms with Crippen molar-refractivity contribution in [3.05, 3.63) is 29.8 Å². The van der Waals surface area contributed by atoms with Gasteiger partial charge in [0.25, 0.3) is 5.91 Å². The molecule has 0 spiro atoms. The summed E-state index contributed by atoms with van der Waals surface area (Å²) in [4.78, 5) is 26.4. The zero-order valence-electron chi connectivity index (χ0n) is 12.1. The number of aryl methyl sites for hydroxylation is 1. The number of rotatable bonds is 4. The summed E-state index contributed by atoms with van der Waals surface area (Å²) in [5, 5.41) is 10.0. The van der Waals surface area contributed by atoms with Crippen LogP contribution < -0.4 is 11.1 Å². The van der Waals surface area contributed by atoms with Crippen LogP contribution in [0.5, 0.6) is 0 Å². The van der Waals surface area contributed by atoms with Crippen LogP contribution >= 0.6 is 11.3 Å². The Bertz CT molecular complexity index is 886. The van der Waals surface area contributed by atoms with Crippen molar-refractivity contribution in [2.75, 3.05) is 11.9 Å². The molecule has 2 heterocycles. The molecular formula is C14H13N5O3S. The van der Waals surface area contributed by atoms with Crippen molar-refractivity contribution in [1.29, 1.82) is 0 Å². The number of anilines is 1. The second-order valence-corrected chi connectivity index (χ2v) is 5.59. The summed E-state index contributed by atoms with van der Waals surface area (Å²) in [5.74, 6) is -0.494. The predicted molar refractivity (Wildman–Crippen MR) is 86.0 cm³/mol. The molecule has 9 heteroatoms. The first kappa shape index (κ1) is 15.0. The minimum atomic E-state index is -0.996. The van der Waals surface area contributed by atoms with E-state index in [1.54, 1.807) is 10.9 Å². The van der Waals surface area contributed by atoms with Crippen LogP contribution in [0.4, 0.5) is 9.93 Å². The molecule has 3 aromatic rings. The van der Waals surface area contributed by atoms with Crippen molar-refractivity contribution in [2.45, 2.75) is 0 Å². The van der Waals surface area contributed by atoms with E-state index in [1.807, 2.05) is 30.6 Å². The second-order valence-electron chi connectivity index (χ2n) is 4.74. The van der Waals surface area contributed by atoms with Gasteiger partial charge in [-0.05, 0) is 6.07 Å². The van der Waals surface area contributed by atoms with E-state index in [2.05, 4.69) is 20.1 Å². The number of nitrogens with one attached hydrogen (secondary N) is 1. The molecule has 8 nitrogen and oxygen atoms in total. The molecule has 2 aromatic heterocycles. The Morgan fingerprint density at radius 2 is 2.26 bits per heavy atom. The number of benzene rings is 1. The summed E-state index contributed by atoms with van der Waals surface area (Å²) in [5.41, 5.74) is 7.46. The third-order valence-corrected chi connectivity index (χ3v) is 3.90. The Labute approximate surface area is 134 Å². The van der Waals surface area contributed by atoms with Crippen molar-refractivity contribution >= 4 is 39.4 Å². The molecule has 0 aliphatic rings. The number of amides is 2. The van der Waals surface area contributed by atoms with Gasteiger partial charge in [-0.15, -0.1) is 11.3 Å². The zero-order chi connectivity index (χ0) is 16.4. The molecule has 0 unspecified atom stereocenters. The molecular weight excluding hydrogens is 318 g/mol. The van der Waals surface area contributed by atoms with Crippen molar-refractivity contribution in [3.63, 3.8) is 0 Å². The molecule has 0 aliphatic carbocycles. The summed E-state index contributed by atoms with van der Waals surface area (Å²) in [6.07, 6.45) is 0.800. The fourth-order valence-corrected chi connectivity index (χ4v) is 2.80. The van der Waals surface area contributed by atoms with Crippen LogP contribution in [0.15, 0.2) is 29.8 Å². The molecule has 0 radical (unpaired) electrons. The van der Waals surface area contributed by atoms with E-state index >= 15 is 0 Å². The lowest BCUT2D eigenvalue weighted by atomic mass is 10.1. The molecule has 0 bridgehead atoms. The third kappa shape index (κ3) is 3.29. The highest BCUT2D eigenvalue weighted by Crippen LogP contribution is 2.27. The average molecular weight is 331 g/mol. The Kier molecular flexibility index (Phi) is 3.94. The minimum absolute atomic E-state index is 0.420. The normalized spacial score (nSPS) is 10.7. The van der Waals surface area contributed by atoms with Gasteiger partial charge in [0, 0.05) is 23.4 Å². The number of carbonyl (C=O) groups is 2. The standard InChI is InChI=1S/C14H13N5O3S/c1-19-11-4-8(2-3-9(11)5-16-19)10-7-23-14(17-10)18-12(20)6-22-13(15)21/h2-5,7H,6H2,1H3,(H2,15,21)(H,17,18,20). The summed E-state index contributed by atoms with van der Waals surface area (Å²) >= 11 is 1.28. The number of aromatic nitrogens is 3. The highest BCUT2D eigenvalue weighted by molar-refractivity contribution is 7.14. The SMILES string of the molecule is Cn1ncc2ccc(-c3csc(NC(=O)COC(N)=O)n3)cc21. The molecule has 0 fully saturated rings. The van der Waals surface area contributed by atoms with Gasteiger partial charge < -0.3 is 10.5 Å². The van der Waals surface area contributed by atoms with Crippen molar-refractivity contribution < 1.29 is 14.3 Å². The van der Waals surface area contributed by atoms with E-state index in [-0.39, 0.29) is 0 Å². The Morgan fingerprint density at radius 1 is 1.43 bits per heavy atom. The van der Waals surface area contributed by atoms with E-state index in [9.17, 15) is 9.59 Å². The Hall–Kier alpha value is -2.94. The van der Waals surface area contributed by atoms with Crippen LogP contribution in [0.1, 0.15) is 0 Å². The summed E-state index contributed by atoms with van der Waals surface area (Å²) in [7, 11) is 1.87. The number of carbonyl (C=O) groups excluding carboxylic acids is 2. The maximum atomic E-state index is 11.6. The van der Waals surface area contributed by atoms with Crippen LogP contribution in [0.2, 0.25) is 0 Å². The lowest BCUT2D eigenvalue weighted by Gasteiger charge is -2.01. The number of hydrogen-bond acceptors (Lipinski definition) is 6. The molecule has 1 aromatic carbocycles. The maximum absolute atomic E-state index is 11.6. The molecule has 0 atom stereocenters. The van der Waals surface area contributed by atoms with Crippen LogP contribution in [0, 0.1) is 0 Å². The lowest BCUT2D eigenvalue weighted by molar-refractivity contribution is -0.118. The van der Waals surface area contributed by atoms with Crippen LogP contribution in [0.3, 0.4) is 0 Å². The van der Waals surface area contributed by atoms with Gasteiger partial charge in [-0.25, -0.2) is 9.78 Å². The first-order valence-electron chi connectivity index (χ1n) is 6.62. The number of nitrogens with two attached hydrogens (primary N) is 1. The number of primary amides is 1. The summed E-state index contributed by atoms with van der Waals surface area (Å²) < 4.78 is 6.20. The van der Waals surface area contributed by atoms with E-state index < -0.39 is 18.6 Å². The summed E-state index contributed by atoms with van der Waals surface area (Å²) in [6.45, 7) is -0.439. The third-order valence-electron chi connectivity index (χ3n) is 3.14. The Balaban J connectivity index is 1.76. The molecule has 118 valence electrons. The van der Waals surface area contributed by atoms with E-state index in [1.165, 1.54) is 11.3 Å². The molecule has 2 amide bonds. The maximum Gasteiger partial charge on any atom is 0.405 e. The second kappa shape index (κ2) is 6.05. The monoisotopic (exact) mass is 331 g/mol. The van der Waals surface area contributed by atoms with Gasteiger partial charge in [-0.2, -0.15) is 5.10 Å². The molecule has 0 saturated carbocycles. The minimum Gasteiger partial charge on any atom is -0.440 e.